The van der Waals surface area contributed by atoms with Crippen molar-refractivity contribution in [3.8, 4) is 0 Å². The molecule has 2 heterocycles. The van der Waals surface area contributed by atoms with E-state index < -0.39 is 0 Å². The van der Waals surface area contributed by atoms with E-state index >= 15 is 0 Å². The molecule has 138 valence electrons. The Bertz CT molecular complexity index is 668. The molecule has 3 rings (SSSR count). The molecule has 0 spiro atoms. The summed E-state index contributed by atoms with van der Waals surface area (Å²) in [5.74, 6) is 1.00. The molecule has 0 aliphatic carbocycles. The third kappa shape index (κ3) is 5.92. The molecule has 0 radical (unpaired) electrons. The number of nitrogens with zero attached hydrogens (tertiary/aromatic N) is 3. The van der Waals surface area contributed by atoms with Gasteiger partial charge in [-0.15, -0.1) is 24.8 Å². The average Bonchev–Trinajstić information content (AvgIpc) is 2.95. The Morgan fingerprint density at radius 2 is 1.80 bits per heavy atom. The molecule has 0 saturated carbocycles. The highest BCUT2D eigenvalue weighted by Crippen LogP contribution is 2.11. The Morgan fingerprint density at radius 3 is 2.36 bits per heavy atom. The summed E-state index contributed by atoms with van der Waals surface area (Å²) in [6.07, 6.45) is 0.433. The van der Waals surface area contributed by atoms with Gasteiger partial charge in [0.05, 0.1) is 12.1 Å². The van der Waals surface area contributed by atoms with Crippen molar-refractivity contribution < 1.29 is 9.32 Å². The summed E-state index contributed by atoms with van der Waals surface area (Å²) in [6, 6.07) is 9.45. The third-order valence-electron chi connectivity index (χ3n) is 4.12. The van der Waals surface area contributed by atoms with Gasteiger partial charge in [-0.1, -0.05) is 17.3 Å². The summed E-state index contributed by atoms with van der Waals surface area (Å²) in [4.78, 5) is 16.6. The van der Waals surface area contributed by atoms with E-state index in [1.165, 1.54) is 0 Å². The molecule has 2 N–H and O–H groups in total. The van der Waals surface area contributed by atoms with Crippen LogP contribution in [0.15, 0.2) is 34.9 Å². The number of hydrogen-bond acceptors (Lipinski definition) is 5. The Morgan fingerprint density at radius 1 is 1.16 bits per heavy atom. The van der Waals surface area contributed by atoms with E-state index in [1.54, 1.807) is 0 Å². The molecule has 6 nitrogen and oxygen atoms in total. The van der Waals surface area contributed by atoms with Crippen LogP contribution in [0.5, 0.6) is 0 Å². The maximum atomic E-state index is 12.4. The quantitative estimate of drug-likeness (QED) is 0.815. The van der Waals surface area contributed by atoms with Gasteiger partial charge in [0.2, 0.25) is 5.91 Å². The number of rotatable bonds is 4. The van der Waals surface area contributed by atoms with Crippen molar-refractivity contribution in [2.24, 2.45) is 0 Å². The lowest BCUT2D eigenvalue weighted by Gasteiger charge is -2.34. The van der Waals surface area contributed by atoms with Crippen LogP contribution in [0.3, 0.4) is 0 Å². The number of nitrogens with two attached hydrogens (primary N) is 1. The van der Waals surface area contributed by atoms with Crippen LogP contribution in [0.4, 0.5) is 5.69 Å². The first kappa shape index (κ1) is 21.3. The van der Waals surface area contributed by atoms with Gasteiger partial charge in [0.25, 0.3) is 0 Å². The van der Waals surface area contributed by atoms with Gasteiger partial charge in [-0.3, -0.25) is 9.69 Å². The van der Waals surface area contributed by atoms with Gasteiger partial charge in [0.15, 0.2) is 0 Å². The number of nitrogen functional groups attached to an aromatic ring is 1. The molecule has 1 aliphatic heterocycles. The number of carbonyl (C=O) groups is 1. The van der Waals surface area contributed by atoms with Crippen LogP contribution in [0.2, 0.25) is 0 Å². The van der Waals surface area contributed by atoms with Crippen molar-refractivity contribution in [1.82, 2.24) is 15.0 Å². The molecule has 1 aliphatic rings. The molecule has 1 fully saturated rings. The number of halogens is 2. The smallest absolute Gasteiger partial charge is 0.227 e. The van der Waals surface area contributed by atoms with Crippen LogP contribution >= 0.6 is 24.8 Å². The minimum absolute atomic E-state index is 0. The Labute approximate surface area is 160 Å². The van der Waals surface area contributed by atoms with E-state index in [0.29, 0.717) is 6.42 Å². The highest BCUT2D eigenvalue weighted by Gasteiger charge is 2.21. The number of amides is 1. The predicted octanol–water partition coefficient (Wildman–Crippen LogP) is 2.30. The topological polar surface area (TPSA) is 75.6 Å². The average molecular weight is 387 g/mol. The van der Waals surface area contributed by atoms with Crippen molar-refractivity contribution in [1.29, 1.82) is 0 Å². The molecular weight excluding hydrogens is 363 g/mol. The predicted molar refractivity (Wildman–Crippen MR) is 102 cm³/mol. The van der Waals surface area contributed by atoms with E-state index in [0.717, 1.165) is 55.4 Å². The van der Waals surface area contributed by atoms with Gasteiger partial charge in [-0.05, 0) is 24.6 Å². The maximum Gasteiger partial charge on any atom is 0.227 e. The zero-order chi connectivity index (χ0) is 16.2. The molecule has 0 unspecified atom stereocenters. The number of aryl methyl sites for hydroxylation is 1. The Kier molecular flexibility index (Phi) is 8.22. The second-order valence-electron chi connectivity index (χ2n) is 6.00. The maximum absolute atomic E-state index is 12.4. The highest BCUT2D eigenvalue weighted by atomic mass is 35.5. The summed E-state index contributed by atoms with van der Waals surface area (Å²) in [5.41, 5.74) is 8.34. The normalized spacial score (nSPS) is 14.5. The van der Waals surface area contributed by atoms with E-state index in [2.05, 4.69) is 10.1 Å². The van der Waals surface area contributed by atoms with Crippen molar-refractivity contribution >= 4 is 36.4 Å². The molecule has 25 heavy (non-hydrogen) atoms. The van der Waals surface area contributed by atoms with Gasteiger partial charge >= 0.3 is 0 Å². The number of carbonyl (C=O) groups excluding carboxylic acids is 1. The Hall–Kier alpha value is -1.76. The fourth-order valence-corrected chi connectivity index (χ4v) is 2.80. The lowest BCUT2D eigenvalue weighted by Crippen LogP contribution is -2.48. The van der Waals surface area contributed by atoms with Crippen molar-refractivity contribution in [2.75, 3.05) is 31.9 Å². The fourth-order valence-electron chi connectivity index (χ4n) is 2.80. The first-order valence-electron chi connectivity index (χ1n) is 7.87. The van der Waals surface area contributed by atoms with Gasteiger partial charge < -0.3 is 15.2 Å². The van der Waals surface area contributed by atoms with Gasteiger partial charge in [-0.2, -0.15) is 0 Å². The van der Waals surface area contributed by atoms with Crippen molar-refractivity contribution in [3.63, 3.8) is 0 Å². The molecule has 0 bridgehead atoms. The standard InChI is InChI=1S/C17H22N4O2.2ClH/c1-13-10-16(19-23-13)12-20-6-8-21(9-7-20)17(22)11-14-2-4-15(18)5-3-14;;/h2-5,10H,6-9,11-12,18H2,1H3;2*1H. The SMILES string of the molecule is Cc1cc(CN2CCN(C(=O)Cc3ccc(N)cc3)CC2)no1.Cl.Cl. The van der Waals surface area contributed by atoms with Crippen molar-refractivity contribution in [3.05, 3.63) is 47.3 Å². The minimum atomic E-state index is 0. The van der Waals surface area contributed by atoms with E-state index in [1.807, 2.05) is 42.2 Å². The van der Waals surface area contributed by atoms with Crippen LogP contribution in [-0.2, 0) is 17.8 Å². The largest absolute Gasteiger partial charge is 0.399 e. The van der Waals surface area contributed by atoms with Crippen molar-refractivity contribution in [2.45, 2.75) is 19.9 Å². The number of aromatic nitrogens is 1. The molecule has 1 aromatic carbocycles. The van der Waals surface area contributed by atoms with Crippen LogP contribution in [0.1, 0.15) is 17.0 Å². The fraction of sp³-hybridized carbons (Fsp3) is 0.412. The molecule has 1 amide bonds. The van der Waals surface area contributed by atoms with Crippen LogP contribution in [-0.4, -0.2) is 47.0 Å². The number of benzene rings is 1. The summed E-state index contributed by atoms with van der Waals surface area (Å²) < 4.78 is 5.09. The van der Waals surface area contributed by atoms with Crippen LogP contribution < -0.4 is 5.73 Å². The third-order valence-corrected chi connectivity index (χ3v) is 4.12. The lowest BCUT2D eigenvalue weighted by atomic mass is 10.1. The molecule has 8 heteroatoms. The summed E-state index contributed by atoms with van der Waals surface area (Å²) in [5, 5.41) is 4.02. The second-order valence-corrected chi connectivity index (χ2v) is 6.00. The van der Waals surface area contributed by atoms with Crippen LogP contribution in [0, 0.1) is 6.92 Å². The zero-order valence-corrected chi connectivity index (χ0v) is 15.8. The molecule has 0 atom stereocenters. The lowest BCUT2D eigenvalue weighted by molar-refractivity contribution is -0.132. The first-order valence-corrected chi connectivity index (χ1v) is 7.87. The molecular formula is C17H24Cl2N4O2. The first-order chi connectivity index (χ1) is 11.1. The second kappa shape index (κ2) is 9.65. The molecule has 1 saturated heterocycles. The molecule has 2 aromatic rings. The van der Waals surface area contributed by atoms with Gasteiger partial charge in [0, 0.05) is 44.5 Å². The highest BCUT2D eigenvalue weighted by molar-refractivity contribution is 5.85. The summed E-state index contributed by atoms with van der Waals surface area (Å²) in [6.45, 7) is 5.90. The Balaban J connectivity index is 0.00000156. The number of anilines is 1. The summed E-state index contributed by atoms with van der Waals surface area (Å²) >= 11 is 0. The van der Waals surface area contributed by atoms with E-state index in [9.17, 15) is 4.79 Å². The van der Waals surface area contributed by atoms with E-state index in [4.69, 9.17) is 10.3 Å². The van der Waals surface area contributed by atoms with Crippen LogP contribution in [0.25, 0.3) is 0 Å². The summed E-state index contributed by atoms with van der Waals surface area (Å²) in [7, 11) is 0. The van der Waals surface area contributed by atoms with Gasteiger partial charge in [-0.25, -0.2) is 0 Å². The molecule has 1 aromatic heterocycles. The minimum Gasteiger partial charge on any atom is -0.399 e. The monoisotopic (exact) mass is 386 g/mol. The zero-order valence-electron chi connectivity index (χ0n) is 14.2. The van der Waals surface area contributed by atoms with E-state index in [-0.39, 0.29) is 30.7 Å². The number of hydrogen-bond donors (Lipinski definition) is 1. The van der Waals surface area contributed by atoms with Gasteiger partial charge in [0.1, 0.15) is 5.76 Å². The number of piperazine rings is 1.